The number of nitrogens with zero attached hydrogens (tertiary/aromatic N) is 5. The second-order valence-electron chi connectivity index (χ2n) is 9.59. The van der Waals surface area contributed by atoms with Crippen LogP contribution in [-0.2, 0) is 0 Å². The summed E-state index contributed by atoms with van der Waals surface area (Å²) in [6.45, 7) is 7.96. The van der Waals surface area contributed by atoms with Crippen molar-refractivity contribution in [1.82, 2.24) is 25.4 Å². The standard InChI is InChI=1S/C24H41N7/c1-25-23(28-21-9-16-30(17-10-21)22-8-4-5-13-26-22)27-20-24(11-18-29(2)19-12-24)31-14-6-3-7-15-31/h4-5,8,13,21H,3,6-7,9-12,14-20H2,1-2H3,(H2,25,27,28). The lowest BCUT2D eigenvalue weighted by molar-refractivity contribution is 0.0173. The van der Waals surface area contributed by atoms with Gasteiger partial charge < -0.3 is 20.4 Å². The summed E-state index contributed by atoms with van der Waals surface area (Å²) in [6.07, 6.45) is 10.7. The molecule has 4 heterocycles. The second kappa shape index (κ2) is 10.6. The van der Waals surface area contributed by atoms with Crippen molar-refractivity contribution < 1.29 is 0 Å². The van der Waals surface area contributed by atoms with Gasteiger partial charge in [0.25, 0.3) is 0 Å². The quantitative estimate of drug-likeness (QED) is 0.555. The zero-order chi connectivity index (χ0) is 21.5. The van der Waals surface area contributed by atoms with E-state index in [9.17, 15) is 0 Å². The highest BCUT2D eigenvalue weighted by Gasteiger charge is 2.39. The van der Waals surface area contributed by atoms with E-state index < -0.39 is 0 Å². The lowest BCUT2D eigenvalue weighted by Gasteiger charge is -2.50. The van der Waals surface area contributed by atoms with Crippen LogP contribution in [-0.4, -0.2) is 92.2 Å². The number of pyridine rings is 1. The second-order valence-corrected chi connectivity index (χ2v) is 9.59. The normalized spacial score (nSPS) is 24.2. The predicted octanol–water partition coefficient (Wildman–Crippen LogP) is 2.17. The number of hydrogen-bond acceptors (Lipinski definition) is 5. The molecule has 0 spiro atoms. The highest BCUT2D eigenvalue weighted by molar-refractivity contribution is 5.80. The van der Waals surface area contributed by atoms with Crippen LogP contribution < -0.4 is 15.5 Å². The highest BCUT2D eigenvalue weighted by Crippen LogP contribution is 2.31. The van der Waals surface area contributed by atoms with E-state index in [1.807, 2.05) is 19.3 Å². The van der Waals surface area contributed by atoms with Gasteiger partial charge >= 0.3 is 0 Å². The summed E-state index contributed by atoms with van der Waals surface area (Å²) < 4.78 is 0. The first-order valence-electron chi connectivity index (χ1n) is 12.3. The molecule has 7 heteroatoms. The van der Waals surface area contributed by atoms with Gasteiger partial charge in [0.2, 0.25) is 0 Å². The lowest BCUT2D eigenvalue weighted by Crippen LogP contribution is -2.62. The average Bonchev–Trinajstić information content (AvgIpc) is 2.84. The molecular formula is C24H41N7. The zero-order valence-electron chi connectivity index (χ0n) is 19.5. The van der Waals surface area contributed by atoms with E-state index in [2.05, 4.69) is 54.5 Å². The van der Waals surface area contributed by atoms with Crippen molar-refractivity contribution in [2.24, 2.45) is 4.99 Å². The van der Waals surface area contributed by atoms with Crippen LogP contribution in [0.2, 0.25) is 0 Å². The monoisotopic (exact) mass is 427 g/mol. The molecule has 7 nitrogen and oxygen atoms in total. The molecule has 0 aromatic carbocycles. The van der Waals surface area contributed by atoms with Gasteiger partial charge in [-0.1, -0.05) is 12.5 Å². The molecule has 2 N–H and O–H groups in total. The van der Waals surface area contributed by atoms with Crippen LogP contribution in [0.25, 0.3) is 0 Å². The minimum Gasteiger partial charge on any atom is -0.356 e. The topological polar surface area (TPSA) is 59.0 Å². The van der Waals surface area contributed by atoms with Gasteiger partial charge in [-0.25, -0.2) is 4.98 Å². The van der Waals surface area contributed by atoms with Gasteiger partial charge in [-0.15, -0.1) is 0 Å². The Labute approximate surface area is 188 Å². The van der Waals surface area contributed by atoms with Crippen LogP contribution >= 0.6 is 0 Å². The summed E-state index contributed by atoms with van der Waals surface area (Å²) in [5.74, 6) is 2.06. The third-order valence-electron chi connectivity index (χ3n) is 7.56. The van der Waals surface area contributed by atoms with E-state index in [0.29, 0.717) is 6.04 Å². The van der Waals surface area contributed by atoms with Crippen LogP contribution in [0.15, 0.2) is 29.4 Å². The summed E-state index contributed by atoms with van der Waals surface area (Å²) in [7, 11) is 4.16. The Morgan fingerprint density at radius 1 is 1.06 bits per heavy atom. The molecule has 1 aromatic rings. The van der Waals surface area contributed by atoms with E-state index in [1.165, 1.54) is 58.3 Å². The number of nitrogens with one attached hydrogen (secondary N) is 2. The Bertz CT molecular complexity index is 685. The van der Waals surface area contributed by atoms with Crippen LogP contribution in [0.1, 0.15) is 44.9 Å². The van der Waals surface area contributed by atoms with E-state index in [1.54, 1.807) is 0 Å². The lowest BCUT2D eigenvalue weighted by atomic mass is 9.84. The Balaban J connectivity index is 1.30. The summed E-state index contributed by atoms with van der Waals surface area (Å²) in [5, 5.41) is 7.44. The number of rotatable bonds is 5. The van der Waals surface area contributed by atoms with E-state index in [-0.39, 0.29) is 5.54 Å². The molecule has 31 heavy (non-hydrogen) atoms. The van der Waals surface area contributed by atoms with Crippen LogP contribution in [0, 0.1) is 0 Å². The molecule has 0 amide bonds. The van der Waals surface area contributed by atoms with Crippen molar-refractivity contribution in [2.75, 3.05) is 64.8 Å². The fraction of sp³-hybridized carbons (Fsp3) is 0.750. The first-order valence-corrected chi connectivity index (χ1v) is 12.3. The molecule has 0 aliphatic carbocycles. The fourth-order valence-corrected chi connectivity index (χ4v) is 5.44. The van der Waals surface area contributed by atoms with E-state index >= 15 is 0 Å². The van der Waals surface area contributed by atoms with Crippen molar-refractivity contribution in [1.29, 1.82) is 0 Å². The summed E-state index contributed by atoms with van der Waals surface area (Å²) >= 11 is 0. The summed E-state index contributed by atoms with van der Waals surface area (Å²) in [5.41, 5.74) is 0.271. The highest BCUT2D eigenvalue weighted by atomic mass is 15.3. The van der Waals surface area contributed by atoms with Gasteiger partial charge in [0, 0.05) is 44.5 Å². The predicted molar refractivity (Wildman–Crippen MR) is 129 cm³/mol. The molecular weight excluding hydrogens is 386 g/mol. The molecule has 172 valence electrons. The van der Waals surface area contributed by atoms with Crippen molar-refractivity contribution in [3.63, 3.8) is 0 Å². The molecule has 4 rings (SSSR count). The minimum absolute atomic E-state index is 0.271. The number of piperidine rings is 3. The maximum Gasteiger partial charge on any atom is 0.191 e. The third kappa shape index (κ3) is 5.69. The minimum atomic E-state index is 0.271. The molecule has 3 saturated heterocycles. The first kappa shape index (κ1) is 22.3. The van der Waals surface area contributed by atoms with Crippen LogP contribution in [0.5, 0.6) is 0 Å². The first-order chi connectivity index (χ1) is 15.2. The Kier molecular flexibility index (Phi) is 7.67. The summed E-state index contributed by atoms with van der Waals surface area (Å²) in [6, 6.07) is 6.62. The smallest absolute Gasteiger partial charge is 0.191 e. The molecule has 0 unspecified atom stereocenters. The molecule has 3 fully saturated rings. The van der Waals surface area contributed by atoms with Gasteiger partial charge in [0.1, 0.15) is 5.82 Å². The van der Waals surface area contributed by atoms with Crippen molar-refractivity contribution in [2.45, 2.75) is 56.5 Å². The fourth-order valence-electron chi connectivity index (χ4n) is 5.44. The molecule has 0 bridgehead atoms. The number of aliphatic imine (C=N–C) groups is 1. The Hall–Kier alpha value is -1.86. The molecule has 3 aliphatic rings. The molecule has 3 aliphatic heterocycles. The van der Waals surface area contributed by atoms with Crippen molar-refractivity contribution in [3.05, 3.63) is 24.4 Å². The van der Waals surface area contributed by atoms with Crippen molar-refractivity contribution in [3.8, 4) is 0 Å². The van der Waals surface area contributed by atoms with Crippen LogP contribution in [0.4, 0.5) is 5.82 Å². The average molecular weight is 428 g/mol. The van der Waals surface area contributed by atoms with Gasteiger partial charge in [-0.05, 0) is 83.9 Å². The maximum atomic E-state index is 4.57. The molecule has 0 saturated carbocycles. The van der Waals surface area contributed by atoms with Crippen LogP contribution in [0.3, 0.4) is 0 Å². The van der Waals surface area contributed by atoms with Gasteiger partial charge in [0.05, 0.1) is 0 Å². The SMILES string of the molecule is CN=C(NCC1(N2CCCCC2)CCN(C)CC1)NC1CCN(c2ccccn2)CC1. The van der Waals surface area contributed by atoms with Gasteiger partial charge in [0.15, 0.2) is 5.96 Å². The van der Waals surface area contributed by atoms with Crippen molar-refractivity contribution >= 4 is 11.8 Å². The van der Waals surface area contributed by atoms with Gasteiger partial charge in [-0.2, -0.15) is 0 Å². The number of anilines is 1. The number of guanidine groups is 1. The third-order valence-corrected chi connectivity index (χ3v) is 7.56. The zero-order valence-corrected chi connectivity index (χ0v) is 19.5. The Morgan fingerprint density at radius 3 is 2.45 bits per heavy atom. The summed E-state index contributed by atoms with van der Waals surface area (Å²) in [4.78, 5) is 16.7. The molecule has 1 aromatic heterocycles. The van der Waals surface area contributed by atoms with E-state index in [0.717, 1.165) is 44.3 Å². The number of aromatic nitrogens is 1. The molecule has 0 atom stereocenters. The van der Waals surface area contributed by atoms with E-state index in [4.69, 9.17) is 0 Å². The van der Waals surface area contributed by atoms with Gasteiger partial charge in [-0.3, -0.25) is 9.89 Å². The maximum absolute atomic E-state index is 4.57. The number of likely N-dealkylation sites (tertiary alicyclic amines) is 2. The molecule has 0 radical (unpaired) electrons. The Morgan fingerprint density at radius 2 is 1.81 bits per heavy atom. The largest absolute Gasteiger partial charge is 0.356 e. The number of hydrogen-bond donors (Lipinski definition) is 2.